The summed E-state index contributed by atoms with van der Waals surface area (Å²) in [5, 5.41) is 8.68. The monoisotopic (exact) mass is 351 g/mol. The Balaban J connectivity index is 1.46. The van der Waals surface area contributed by atoms with Gasteiger partial charge in [0.15, 0.2) is 0 Å². The minimum absolute atomic E-state index is 0.0898. The zero-order chi connectivity index (χ0) is 18.4. The van der Waals surface area contributed by atoms with Crippen LogP contribution in [0.2, 0.25) is 0 Å². The molecule has 1 aliphatic carbocycles. The van der Waals surface area contributed by atoms with Gasteiger partial charge in [-0.15, -0.1) is 0 Å². The second kappa shape index (κ2) is 8.52. The molecule has 0 aliphatic heterocycles. The molecule has 0 unspecified atom stereocenters. The summed E-state index contributed by atoms with van der Waals surface area (Å²) in [5.41, 5.74) is 3.79. The van der Waals surface area contributed by atoms with Gasteiger partial charge in [0, 0.05) is 25.2 Å². The van der Waals surface area contributed by atoms with Crippen molar-refractivity contribution in [3.8, 4) is 0 Å². The van der Waals surface area contributed by atoms with E-state index in [9.17, 15) is 9.59 Å². The third kappa shape index (κ3) is 5.62. The van der Waals surface area contributed by atoms with Gasteiger partial charge in [0.2, 0.25) is 0 Å². The van der Waals surface area contributed by atoms with Crippen molar-refractivity contribution in [1.82, 2.24) is 16.0 Å². The van der Waals surface area contributed by atoms with Crippen LogP contribution in [0.1, 0.15) is 39.9 Å². The second-order valence-electron chi connectivity index (χ2n) is 6.88. The predicted molar refractivity (Wildman–Crippen MR) is 102 cm³/mol. The van der Waals surface area contributed by atoms with E-state index in [0.717, 1.165) is 23.2 Å². The fraction of sp³-hybridized carbons (Fsp3) is 0.333. The van der Waals surface area contributed by atoms with Crippen molar-refractivity contribution in [2.45, 2.75) is 32.9 Å². The highest BCUT2D eigenvalue weighted by Crippen LogP contribution is 2.27. The van der Waals surface area contributed by atoms with Crippen molar-refractivity contribution in [3.05, 3.63) is 70.8 Å². The van der Waals surface area contributed by atoms with Crippen molar-refractivity contribution in [3.63, 3.8) is 0 Å². The van der Waals surface area contributed by atoms with Crippen LogP contribution in [0, 0.1) is 12.8 Å². The summed E-state index contributed by atoms with van der Waals surface area (Å²) in [6, 6.07) is 15.2. The SMILES string of the molecule is Cc1ccc(C(=O)NCc2cccc(CNC(=O)NCC3CC3)c2)cc1. The molecule has 0 aromatic heterocycles. The fourth-order valence-electron chi connectivity index (χ4n) is 2.64. The Morgan fingerprint density at radius 1 is 0.923 bits per heavy atom. The topological polar surface area (TPSA) is 70.2 Å². The molecule has 1 aliphatic rings. The molecule has 0 atom stereocenters. The number of carbonyl (C=O) groups is 2. The van der Waals surface area contributed by atoms with Gasteiger partial charge in [-0.05, 0) is 48.9 Å². The van der Waals surface area contributed by atoms with Crippen LogP contribution < -0.4 is 16.0 Å². The van der Waals surface area contributed by atoms with E-state index in [-0.39, 0.29) is 11.9 Å². The standard InChI is InChI=1S/C21H25N3O2/c1-15-5-9-19(10-6-15)20(25)22-13-17-3-2-4-18(11-17)14-24-21(26)23-12-16-7-8-16/h2-6,9-11,16H,7-8,12-14H2,1H3,(H,22,25)(H2,23,24,26). The lowest BCUT2D eigenvalue weighted by Gasteiger charge is -2.09. The molecule has 0 spiro atoms. The van der Waals surface area contributed by atoms with Gasteiger partial charge in [0.05, 0.1) is 0 Å². The van der Waals surface area contributed by atoms with Crippen LogP contribution in [0.4, 0.5) is 4.79 Å². The molecule has 136 valence electrons. The van der Waals surface area contributed by atoms with E-state index in [1.807, 2.05) is 55.5 Å². The molecule has 3 amide bonds. The second-order valence-corrected chi connectivity index (χ2v) is 6.88. The quantitative estimate of drug-likeness (QED) is 0.717. The van der Waals surface area contributed by atoms with Crippen LogP contribution in [-0.4, -0.2) is 18.5 Å². The fourth-order valence-corrected chi connectivity index (χ4v) is 2.64. The summed E-state index contributed by atoms with van der Waals surface area (Å²) in [6.07, 6.45) is 2.44. The van der Waals surface area contributed by atoms with Crippen LogP contribution in [0.15, 0.2) is 48.5 Å². The van der Waals surface area contributed by atoms with Gasteiger partial charge in [-0.3, -0.25) is 4.79 Å². The Hall–Kier alpha value is -2.82. The third-order valence-electron chi connectivity index (χ3n) is 4.46. The van der Waals surface area contributed by atoms with Crippen LogP contribution in [0.25, 0.3) is 0 Å². The number of amides is 3. The maximum Gasteiger partial charge on any atom is 0.315 e. The normalized spacial score (nSPS) is 13.1. The Kier molecular flexibility index (Phi) is 5.89. The van der Waals surface area contributed by atoms with Gasteiger partial charge >= 0.3 is 6.03 Å². The Morgan fingerprint density at radius 3 is 2.23 bits per heavy atom. The molecule has 26 heavy (non-hydrogen) atoms. The highest BCUT2D eigenvalue weighted by Gasteiger charge is 2.21. The Labute approximate surface area is 154 Å². The number of benzene rings is 2. The minimum atomic E-state index is -0.130. The van der Waals surface area contributed by atoms with Gasteiger partial charge in [-0.2, -0.15) is 0 Å². The van der Waals surface area contributed by atoms with Crippen molar-refractivity contribution < 1.29 is 9.59 Å². The van der Waals surface area contributed by atoms with Crippen molar-refractivity contribution in [2.24, 2.45) is 5.92 Å². The van der Waals surface area contributed by atoms with E-state index in [1.54, 1.807) is 0 Å². The molecule has 3 N–H and O–H groups in total. The highest BCUT2D eigenvalue weighted by molar-refractivity contribution is 5.94. The van der Waals surface area contributed by atoms with E-state index < -0.39 is 0 Å². The molecule has 5 heteroatoms. The van der Waals surface area contributed by atoms with Gasteiger partial charge in [-0.1, -0.05) is 42.0 Å². The third-order valence-corrected chi connectivity index (χ3v) is 4.46. The lowest BCUT2D eigenvalue weighted by atomic mass is 10.1. The zero-order valence-corrected chi connectivity index (χ0v) is 15.0. The number of hydrogen-bond donors (Lipinski definition) is 3. The Bertz CT molecular complexity index is 767. The van der Waals surface area contributed by atoms with E-state index in [1.165, 1.54) is 12.8 Å². The summed E-state index contributed by atoms with van der Waals surface area (Å²) in [5.74, 6) is 0.578. The number of aryl methyl sites for hydroxylation is 1. The largest absolute Gasteiger partial charge is 0.348 e. The number of nitrogens with one attached hydrogen (secondary N) is 3. The number of carbonyl (C=O) groups excluding carboxylic acids is 2. The van der Waals surface area contributed by atoms with Gasteiger partial charge in [0.1, 0.15) is 0 Å². The van der Waals surface area contributed by atoms with Crippen molar-refractivity contribution >= 4 is 11.9 Å². The van der Waals surface area contributed by atoms with Gasteiger partial charge in [-0.25, -0.2) is 4.79 Å². The number of hydrogen-bond acceptors (Lipinski definition) is 2. The first kappa shape index (κ1) is 18.0. The lowest BCUT2D eigenvalue weighted by molar-refractivity contribution is 0.0951. The molecular weight excluding hydrogens is 326 g/mol. The summed E-state index contributed by atoms with van der Waals surface area (Å²) >= 11 is 0. The molecule has 1 saturated carbocycles. The van der Waals surface area contributed by atoms with E-state index in [0.29, 0.717) is 24.6 Å². The zero-order valence-electron chi connectivity index (χ0n) is 15.0. The van der Waals surface area contributed by atoms with E-state index in [2.05, 4.69) is 16.0 Å². The van der Waals surface area contributed by atoms with E-state index in [4.69, 9.17) is 0 Å². The number of rotatable bonds is 7. The maximum absolute atomic E-state index is 12.2. The van der Waals surface area contributed by atoms with Crippen LogP contribution in [0.5, 0.6) is 0 Å². The molecule has 5 nitrogen and oxygen atoms in total. The number of urea groups is 1. The maximum atomic E-state index is 12.2. The lowest BCUT2D eigenvalue weighted by Crippen LogP contribution is -2.36. The summed E-state index contributed by atoms with van der Waals surface area (Å²) in [7, 11) is 0. The first-order chi connectivity index (χ1) is 12.6. The average Bonchev–Trinajstić information content (AvgIpc) is 3.48. The molecule has 0 heterocycles. The minimum Gasteiger partial charge on any atom is -0.348 e. The van der Waals surface area contributed by atoms with Crippen LogP contribution >= 0.6 is 0 Å². The molecule has 1 fully saturated rings. The summed E-state index contributed by atoms with van der Waals surface area (Å²) in [4.78, 5) is 23.9. The predicted octanol–water partition coefficient (Wildman–Crippen LogP) is 3.13. The molecule has 0 saturated heterocycles. The molecule has 0 bridgehead atoms. The molecule has 0 radical (unpaired) electrons. The first-order valence-electron chi connectivity index (χ1n) is 9.04. The van der Waals surface area contributed by atoms with Crippen molar-refractivity contribution in [2.75, 3.05) is 6.54 Å². The Morgan fingerprint density at radius 2 is 1.58 bits per heavy atom. The van der Waals surface area contributed by atoms with Crippen LogP contribution in [-0.2, 0) is 13.1 Å². The summed E-state index contributed by atoms with van der Waals surface area (Å²) in [6.45, 7) is 3.68. The summed E-state index contributed by atoms with van der Waals surface area (Å²) < 4.78 is 0. The van der Waals surface area contributed by atoms with Crippen LogP contribution in [0.3, 0.4) is 0 Å². The van der Waals surface area contributed by atoms with Crippen molar-refractivity contribution in [1.29, 1.82) is 0 Å². The molecular formula is C21H25N3O2. The average molecular weight is 351 g/mol. The highest BCUT2D eigenvalue weighted by atomic mass is 16.2. The molecule has 2 aromatic rings. The molecule has 2 aromatic carbocycles. The smallest absolute Gasteiger partial charge is 0.315 e. The first-order valence-corrected chi connectivity index (χ1v) is 9.04. The molecule has 3 rings (SSSR count). The van der Waals surface area contributed by atoms with Gasteiger partial charge < -0.3 is 16.0 Å². The van der Waals surface area contributed by atoms with Gasteiger partial charge in [0.25, 0.3) is 5.91 Å². The van der Waals surface area contributed by atoms with E-state index >= 15 is 0 Å².